The molecule has 0 amide bonds. The van der Waals surface area contributed by atoms with Gasteiger partial charge in [0.15, 0.2) is 4.51 Å². The van der Waals surface area contributed by atoms with Crippen LogP contribution < -0.4 is 5.73 Å². The summed E-state index contributed by atoms with van der Waals surface area (Å²) in [4.78, 5) is 0. The number of halogens is 1. The van der Waals surface area contributed by atoms with Crippen LogP contribution in [0.25, 0.3) is 0 Å². The fraction of sp³-hybridized carbons (Fsp3) is 0.667. The maximum absolute atomic E-state index is 9.14. The molecule has 0 aliphatic heterocycles. The molecule has 0 saturated heterocycles. The van der Waals surface area contributed by atoms with E-state index in [1.54, 1.807) is 13.0 Å². The van der Waals surface area contributed by atoms with Crippen molar-refractivity contribution in [2.24, 2.45) is 5.73 Å². The van der Waals surface area contributed by atoms with Crippen LogP contribution >= 0.6 is 15.9 Å². The number of hydrogen-bond acceptors (Lipinski definition) is 2. The number of allylic oxidation sites excluding steroid dienone is 1. The molecule has 0 heterocycles. The van der Waals surface area contributed by atoms with Crippen molar-refractivity contribution in [1.82, 2.24) is 0 Å². The Morgan fingerprint density at radius 1 is 1.89 bits per heavy atom. The van der Waals surface area contributed by atoms with Gasteiger partial charge in [-0.3, -0.25) is 0 Å². The van der Waals surface area contributed by atoms with Gasteiger partial charge in [0, 0.05) is 5.70 Å². The van der Waals surface area contributed by atoms with Crippen molar-refractivity contribution in [2.75, 3.05) is 0 Å². The van der Waals surface area contributed by atoms with Crippen molar-refractivity contribution in [3.63, 3.8) is 0 Å². The number of rotatable bonds is 2. The Bertz CT molecular complexity index is 115. The van der Waals surface area contributed by atoms with Gasteiger partial charge in [-0.25, -0.2) is 0 Å². The zero-order valence-electron chi connectivity index (χ0n) is 5.69. The predicted octanol–water partition coefficient (Wildman–Crippen LogP) is 1.34. The van der Waals surface area contributed by atoms with Crippen molar-refractivity contribution in [3.8, 4) is 0 Å². The van der Waals surface area contributed by atoms with Gasteiger partial charge in [-0.05, 0) is 29.3 Å². The van der Waals surface area contributed by atoms with E-state index in [2.05, 4.69) is 15.9 Å². The van der Waals surface area contributed by atoms with Gasteiger partial charge in [-0.1, -0.05) is 13.0 Å². The predicted molar refractivity (Wildman–Crippen MR) is 42.1 cm³/mol. The van der Waals surface area contributed by atoms with E-state index in [9.17, 15) is 0 Å². The van der Waals surface area contributed by atoms with Gasteiger partial charge >= 0.3 is 0 Å². The van der Waals surface area contributed by atoms with Gasteiger partial charge < -0.3 is 10.8 Å². The van der Waals surface area contributed by atoms with E-state index < -0.39 is 4.51 Å². The molecular weight excluding hydrogens is 182 g/mol. The normalized spacial score (nSPS) is 19.3. The molecule has 54 valence electrons. The molecule has 9 heavy (non-hydrogen) atoms. The molecule has 0 radical (unpaired) electrons. The van der Waals surface area contributed by atoms with Crippen LogP contribution in [-0.2, 0) is 0 Å². The third kappa shape index (κ3) is 3.54. The van der Waals surface area contributed by atoms with Crippen molar-refractivity contribution in [3.05, 3.63) is 11.8 Å². The van der Waals surface area contributed by atoms with E-state index in [4.69, 9.17) is 10.8 Å². The Morgan fingerprint density at radius 3 is 2.44 bits per heavy atom. The molecule has 0 aliphatic rings. The monoisotopic (exact) mass is 193 g/mol. The first-order valence-corrected chi connectivity index (χ1v) is 3.65. The Morgan fingerprint density at radius 2 is 2.33 bits per heavy atom. The van der Waals surface area contributed by atoms with Crippen molar-refractivity contribution in [2.45, 2.75) is 24.8 Å². The number of aliphatic hydroxyl groups is 1. The van der Waals surface area contributed by atoms with Crippen LogP contribution in [0, 0.1) is 0 Å². The van der Waals surface area contributed by atoms with Crippen LogP contribution in [0.4, 0.5) is 0 Å². The second kappa shape index (κ2) is 3.22. The molecule has 2 nitrogen and oxygen atoms in total. The van der Waals surface area contributed by atoms with Crippen molar-refractivity contribution >= 4 is 15.9 Å². The minimum Gasteiger partial charge on any atom is -0.399 e. The highest BCUT2D eigenvalue weighted by atomic mass is 79.9. The largest absolute Gasteiger partial charge is 0.399 e. The van der Waals surface area contributed by atoms with Crippen LogP contribution in [0.1, 0.15) is 20.3 Å². The SMILES string of the molecule is CC/C=C(/N)C(C)(O)Br. The summed E-state index contributed by atoms with van der Waals surface area (Å²) in [5.41, 5.74) is 5.89. The Kier molecular flexibility index (Phi) is 3.22. The third-order valence-corrected chi connectivity index (χ3v) is 1.41. The van der Waals surface area contributed by atoms with Crippen LogP contribution in [0.2, 0.25) is 0 Å². The average molecular weight is 194 g/mol. The molecular formula is C6H12BrNO. The Balaban J connectivity index is 4.03. The molecule has 0 fully saturated rings. The smallest absolute Gasteiger partial charge is 0.155 e. The molecule has 1 unspecified atom stereocenters. The average Bonchev–Trinajstić information content (AvgIpc) is 1.64. The van der Waals surface area contributed by atoms with E-state index in [0.717, 1.165) is 6.42 Å². The summed E-state index contributed by atoms with van der Waals surface area (Å²) in [5.74, 6) is 0. The molecule has 0 aliphatic carbocycles. The zero-order valence-corrected chi connectivity index (χ0v) is 7.27. The van der Waals surface area contributed by atoms with Gasteiger partial charge in [-0.2, -0.15) is 0 Å². The van der Waals surface area contributed by atoms with Gasteiger partial charge in [0.05, 0.1) is 0 Å². The summed E-state index contributed by atoms with van der Waals surface area (Å²) in [6.07, 6.45) is 2.61. The summed E-state index contributed by atoms with van der Waals surface area (Å²) in [6, 6.07) is 0. The zero-order chi connectivity index (χ0) is 7.49. The highest BCUT2D eigenvalue weighted by Crippen LogP contribution is 2.18. The van der Waals surface area contributed by atoms with Gasteiger partial charge in [0.2, 0.25) is 0 Å². The first kappa shape index (κ1) is 8.98. The molecule has 1 atom stereocenters. The van der Waals surface area contributed by atoms with Gasteiger partial charge in [0.1, 0.15) is 0 Å². The minimum atomic E-state index is -1.04. The quantitative estimate of drug-likeness (QED) is 0.651. The molecule has 3 heteroatoms. The van der Waals surface area contributed by atoms with Gasteiger partial charge in [0.25, 0.3) is 0 Å². The Labute approximate surface area is 63.9 Å². The maximum atomic E-state index is 9.14. The van der Waals surface area contributed by atoms with Crippen LogP contribution in [-0.4, -0.2) is 9.62 Å². The standard InChI is InChI=1S/C6H12BrNO/c1-3-4-5(8)6(2,7)9/h4,9H,3,8H2,1-2H3/b5-4+. The number of nitrogens with two attached hydrogens (primary N) is 1. The lowest BCUT2D eigenvalue weighted by Crippen LogP contribution is -2.23. The Hall–Kier alpha value is -0.0200. The van der Waals surface area contributed by atoms with Gasteiger partial charge in [-0.15, -0.1) is 0 Å². The first-order chi connectivity index (χ1) is 3.98. The number of alkyl halides is 1. The number of hydrogen-bond donors (Lipinski definition) is 2. The molecule has 0 aromatic rings. The fourth-order valence-electron chi connectivity index (χ4n) is 0.406. The molecule has 0 spiro atoms. The summed E-state index contributed by atoms with van der Waals surface area (Å²) in [7, 11) is 0. The van der Waals surface area contributed by atoms with E-state index in [1.807, 2.05) is 6.92 Å². The topological polar surface area (TPSA) is 46.2 Å². The molecule has 0 bridgehead atoms. The summed E-state index contributed by atoms with van der Waals surface area (Å²) in [6.45, 7) is 3.56. The lowest BCUT2D eigenvalue weighted by Gasteiger charge is -2.14. The lowest BCUT2D eigenvalue weighted by atomic mass is 10.2. The van der Waals surface area contributed by atoms with E-state index in [-0.39, 0.29) is 0 Å². The molecule has 0 aromatic heterocycles. The van der Waals surface area contributed by atoms with E-state index in [0.29, 0.717) is 5.70 Å². The second-order valence-corrected chi connectivity index (χ2v) is 3.57. The summed E-state index contributed by atoms with van der Waals surface area (Å²) < 4.78 is -1.04. The molecule has 0 rings (SSSR count). The van der Waals surface area contributed by atoms with E-state index in [1.165, 1.54) is 0 Å². The maximum Gasteiger partial charge on any atom is 0.155 e. The highest BCUT2D eigenvalue weighted by Gasteiger charge is 2.17. The fourth-order valence-corrected chi connectivity index (χ4v) is 0.568. The van der Waals surface area contributed by atoms with Crippen LogP contribution in [0.15, 0.2) is 11.8 Å². The van der Waals surface area contributed by atoms with E-state index >= 15 is 0 Å². The second-order valence-electron chi connectivity index (χ2n) is 2.02. The third-order valence-electron chi connectivity index (χ3n) is 0.951. The first-order valence-electron chi connectivity index (χ1n) is 2.86. The molecule has 0 saturated carbocycles. The highest BCUT2D eigenvalue weighted by molar-refractivity contribution is 9.10. The van der Waals surface area contributed by atoms with Crippen LogP contribution in [0.5, 0.6) is 0 Å². The summed E-state index contributed by atoms with van der Waals surface area (Å²) >= 11 is 3.01. The van der Waals surface area contributed by atoms with Crippen LogP contribution in [0.3, 0.4) is 0 Å². The minimum absolute atomic E-state index is 0.463. The van der Waals surface area contributed by atoms with Crippen molar-refractivity contribution < 1.29 is 5.11 Å². The lowest BCUT2D eigenvalue weighted by molar-refractivity contribution is 0.201. The molecule has 0 aromatic carbocycles. The van der Waals surface area contributed by atoms with Crippen molar-refractivity contribution in [1.29, 1.82) is 0 Å². The molecule has 3 N–H and O–H groups in total. The summed E-state index contributed by atoms with van der Waals surface area (Å²) in [5, 5.41) is 9.14.